The fourth-order valence-corrected chi connectivity index (χ4v) is 1.26. The van der Waals surface area contributed by atoms with Gasteiger partial charge in [0.05, 0.1) is 12.6 Å². The van der Waals surface area contributed by atoms with Gasteiger partial charge in [0.25, 0.3) is 0 Å². The second-order valence-corrected chi connectivity index (χ2v) is 2.71. The van der Waals surface area contributed by atoms with E-state index >= 15 is 0 Å². The predicted molar refractivity (Wildman–Crippen MR) is 46.4 cm³/mol. The number of rotatable bonds is 3. The zero-order chi connectivity index (χ0) is 8.10. The van der Waals surface area contributed by atoms with Crippen LogP contribution in [0, 0.1) is 0 Å². The first-order valence-electron chi connectivity index (χ1n) is 4.03. The van der Waals surface area contributed by atoms with Gasteiger partial charge in [-0.05, 0) is 25.5 Å². The first kappa shape index (κ1) is 8.50. The van der Waals surface area contributed by atoms with E-state index in [0.29, 0.717) is 0 Å². The molecule has 62 valence electrons. The Hall–Kier alpha value is -0.600. The molecule has 1 unspecified atom stereocenters. The van der Waals surface area contributed by atoms with E-state index in [9.17, 15) is 0 Å². The van der Waals surface area contributed by atoms with E-state index < -0.39 is 0 Å². The SMILES string of the molecule is CNC(CO)C1=CCCC=C1. The van der Waals surface area contributed by atoms with Gasteiger partial charge in [0.15, 0.2) is 0 Å². The smallest absolute Gasteiger partial charge is 0.0626 e. The summed E-state index contributed by atoms with van der Waals surface area (Å²) in [6.07, 6.45) is 8.64. The van der Waals surface area contributed by atoms with Crippen molar-refractivity contribution in [1.82, 2.24) is 5.32 Å². The molecule has 0 fully saturated rings. The second kappa shape index (κ2) is 4.31. The Kier molecular flexibility index (Phi) is 3.33. The van der Waals surface area contributed by atoms with E-state index in [1.165, 1.54) is 5.57 Å². The predicted octanol–water partition coefficient (Wildman–Crippen LogP) is 0.843. The molecule has 0 bridgehead atoms. The van der Waals surface area contributed by atoms with Crippen molar-refractivity contribution < 1.29 is 5.11 Å². The normalized spacial score (nSPS) is 19.6. The van der Waals surface area contributed by atoms with E-state index in [2.05, 4.69) is 23.5 Å². The lowest BCUT2D eigenvalue weighted by atomic mass is 10.0. The highest BCUT2D eigenvalue weighted by Crippen LogP contribution is 2.12. The molecule has 1 atom stereocenters. The lowest BCUT2D eigenvalue weighted by molar-refractivity contribution is 0.266. The maximum Gasteiger partial charge on any atom is 0.0626 e. The zero-order valence-corrected chi connectivity index (χ0v) is 6.88. The average molecular weight is 153 g/mol. The summed E-state index contributed by atoms with van der Waals surface area (Å²) >= 11 is 0. The summed E-state index contributed by atoms with van der Waals surface area (Å²) in [6, 6.07) is 0.117. The van der Waals surface area contributed by atoms with Crippen molar-refractivity contribution in [2.45, 2.75) is 18.9 Å². The minimum absolute atomic E-state index is 0.117. The quantitative estimate of drug-likeness (QED) is 0.630. The number of aliphatic hydroxyl groups is 1. The molecule has 1 aliphatic carbocycles. The van der Waals surface area contributed by atoms with Crippen LogP contribution in [0.5, 0.6) is 0 Å². The minimum Gasteiger partial charge on any atom is -0.394 e. The number of hydrogen-bond donors (Lipinski definition) is 2. The molecule has 2 heteroatoms. The van der Waals surface area contributed by atoms with E-state index in [0.717, 1.165) is 12.8 Å². The van der Waals surface area contributed by atoms with Crippen LogP contribution in [-0.4, -0.2) is 24.8 Å². The third-order valence-corrected chi connectivity index (χ3v) is 1.96. The van der Waals surface area contributed by atoms with Crippen molar-refractivity contribution in [2.75, 3.05) is 13.7 Å². The van der Waals surface area contributed by atoms with Crippen LogP contribution in [0.15, 0.2) is 23.8 Å². The van der Waals surface area contributed by atoms with E-state index in [4.69, 9.17) is 5.11 Å². The van der Waals surface area contributed by atoms with Gasteiger partial charge in [0.2, 0.25) is 0 Å². The summed E-state index contributed by atoms with van der Waals surface area (Å²) < 4.78 is 0. The minimum atomic E-state index is 0.117. The number of allylic oxidation sites excluding steroid dienone is 2. The third kappa shape index (κ3) is 2.17. The van der Waals surface area contributed by atoms with Gasteiger partial charge in [-0.3, -0.25) is 0 Å². The van der Waals surface area contributed by atoms with Crippen LogP contribution in [0.1, 0.15) is 12.8 Å². The number of nitrogens with one attached hydrogen (secondary N) is 1. The Morgan fingerprint density at radius 3 is 2.91 bits per heavy atom. The Morgan fingerprint density at radius 2 is 2.45 bits per heavy atom. The summed E-state index contributed by atoms with van der Waals surface area (Å²) in [5, 5.41) is 12.0. The highest BCUT2D eigenvalue weighted by Gasteiger charge is 2.08. The molecule has 0 aromatic carbocycles. The zero-order valence-electron chi connectivity index (χ0n) is 6.88. The number of hydrogen-bond acceptors (Lipinski definition) is 2. The lowest BCUT2D eigenvalue weighted by Crippen LogP contribution is -2.30. The first-order chi connectivity index (χ1) is 5.38. The molecule has 1 aliphatic rings. The Morgan fingerprint density at radius 1 is 1.64 bits per heavy atom. The average Bonchev–Trinajstić information content (AvgIpc) is 2.09. The van der Waals surface area contributed by atoms with Gasteiger partial charge in [-0.15, -0.1) is 0 Å². The highest BCUT2D eigenvalue weighted by atomic mass is 16.3. The van der Waals surface area contributed by atoms with Crippen LogP contribution in [-0.2, 0) is 0 Å². The van der Waals surface area contributed by atoms with Gasteiger partial charge in [-0.1, -0.05) is 18.2 Å². The molecule has 0 aromatic heterocycles. The number of likely N-dealkylation sites (N-methyl/N-ethyl adjacent to an activating group) is 1. The van der Waals surface area contributed by atoms with Gasteiger partial charge in [-0.2, -0.15) is 0 Å². The molecular formula is C9H15NO. The fraction of sp³-hybridized carbons (Fsp3) is 0.556. The summed E-state index contributed by atoms with van der Waals surface area (Å²) in [5.41, 5.74) is 1.21. The molecule has 0 saturated heterocycles. The lowest BCUT2D eigenvalue weighted by Gasteiger charge is -2.16. The molecule has 0 amide bonds. The van der Waals surface area contributed by atoms with E-state index in [-0.39, 0.29) is 12.6 Å². The Labute approximate surface area is 67.6 Å². The monoisotopic (exact) mass is 153 g/mol. The van der Waals surface area contributed by atoms with Crippen LogP contribution in [0.25, 0.3) is 0 Å². The molecule has 0 radical (unpaired) electrons. The van der Waals surface area contributed by atoms with Crippen molar-refractivity contribution in [3.8, 4) is 0 Å². The maximum atomic E-state index is 8.94. The summed E-state index contributed by atoms with van der Waals surface area (Å²) in [5.74, 6) is 0. The van der Waals surface area contributed by atoms with Crippen molar-refractivity contribution in [3.63, 3.8) is 0 Å². The molecule has 11 heavy (non-hydrogen) atoms. The Balaban J connectivity index is 2.56. The van der Waals surface area contributed by atoms with Crippen molar-refractivity contribution in [3.05, 3.63) is 23.8 Å². The summed E-state index contributed by atoms with van der Waals surface area (Å²) in [6.45, 7) is 0.173. The maximum absolute atomic E-state index is 8.94. The van der Waals surface area contributed by atoms with Gasteiger partial charge >= 0.3 is 0 Å². The van der Waals surface area contributed by atoms with Crippen LogP contribution in [0.4, 0.5) is 0 Å². The fourth-order valence-electron chi connectivity index (χ4n) is 1.26. The van der Waals surface area contributed by atoms with Crippen LogP contribution in [0.3, 0.4) is 0 Å². The number of aliphatic hydroxyl groups excluding tert-OH is 1. The highest BCUT2D eigenvalue weighted by molar-refractivity contribution is 5.27. The van der Waals surface area contributed by atoms with Crippen LogP contribution < -0.4 is 5.32 Å². The first-order valence-corrected chi connectivity index (χ1v) is 4.03. The Bertz CT molecular complexity index is 168. The van der Waals surface area contributed by atoms with Crippen molar-refractivity contribution in [1.29, 1.82) is 0 Å². The molecular weight excluding hydrogens is 138 g/mol. The molecule has 2 nitrogen and oxygen atoms in total. The molecule has 2 N–H and O–H groups in total. The molecule has 0 aromatic rings. The molecule has 1 rings (SSSR count). The van der Waals surface area contributed by atoms with Gasteiger partial charge < -0.3 is 10.4 Å². The van der Waals surface area contributed by atoms with Gasteiger partial charge in [0, 0.05) is 0 Å². The summed E-state index contributed by atoms with van der Waals surface area (Å²) in [7, 11) is 1.87. The summed E-state index contributed by atoms with van der Waals surface area (Å²) in [4.78, 5) is 0. The van der Waals surface area contributed by atoms with Gasteiger partial charge in [0.1, 0.15) is 0 Å². The van der Waals surface area contributed by atoms with Crippen molar-refractivity contribution >= 4 is 0 Å². The standard InChI is InChI=1S/C9H15NO/c1-10-9(7-11)8-5-3-2-4-6-8/h3,5-6,9-11H,2,4,7H2,1H3. The molecule has 0 saturated carbocycles. The molecule has 0 aliphatic heterocycles. The van der Waals surface area contributed by atoms with E-state index in [1.54, 1.807) is 0 Å². The molecule has 0 spiro atoms. The molecule has 0 heterocycles. The van der Waals surface area contributed by atoms with Gasteiger partial charge in [-0.25, -0.2) is 0 Å². The van der Waals surface area contributed by atoms with Crippen molar-refractivity contribution in [2.24, 2.45) is 0 Å². The largest absolute Gasteiger partial charge is 0.394 e. The van der Waals surface area contributed by atoms with Crippen LogP contribution >= 0.6 is 0 Å². The van der Waals surface area contributed by atoms with Crippen LogP contribution in [0.2, 0.25) is 0 Å². The topological polar surface area (TPSA) is 32.3 Å². The second-order valence-electron chi connectivity index (χ2n) is 2.71. The third-order valence-electron chi connectivity index (χ3n) is 1.96. The van der Waals surface area contributed by atoms with E-state index in [1.807, 2.05) is 7.05 Å².